The van der Waals surface area contributed by atoms with Gasteiger partial charge in [0.15, 0.2) is 5.78 Å². The number of halogens is 2. The number of hydrogen-bond donors (Lipinski definition) is 1. The molecule has 1 rings (SSSR count). The summed E-state index contributed by atoms with van der Waals surface area (Å²) >= 11 is 11.6. The number of hydrogen-bond acceptors (Lipinski definition) is 3. The molecule has 0 aliphatic heterocycles. The molecule has 1 aliphatic rings. The van der Waals surface area contributed by atoms with Gasteiger partial charge in [0, 0.05) is 29.1 Å². The molecule has 0 amide bonds. The van der Waals surface area contributed by atoms with E-state index in [1.807, 2.05) is 13.8 Å². The molecule has 0 saturated heterocycles. The minimum Gasteiger partial charge on any atom is -0.511 e. The van der Waals surface area contributed by atoms with Gasteiger partial charge in [-0.25, -0.2) is 0 Å². The summed E-state index contributed by atoms with van der Waals surface area (Å²) in [5.41, 5.74) is 0.114. The van der Waals surface area contributed by atoms with Gasteiger partial charge in [0.1, 0.15) is 5.76 Å². The summed E-state index contributed by atoms with van der Waals surface area (Å²) in [5, 5.41) is 11.0. The van der Waals surface area contributed by atoms with Gasteiger partial charge < -0.3 is 5.11 Å². The van der Waals surface area contributed by atoms with Gasteiger partial charge in [0.2, 0.25) is 0 Å². The van der Waals surface area contributed by atoms with Crippen molar-refractivity contribution in [2.24, 2.45) is 10.4 Å². The van der Waals surface area contributed by atoms with Gasteiger partial charge in [0.25, 0.3) is 0 Å². The Kier molecular flexibility index (Phi) is 6.03. The first-order valence-electron chi connectivity index (χ1n) is 6.36. The predicted octanol–water partition coefficient (Wildman–Crippen LogP) is 4.52. The lowest BCUT2D eigenvalue weighted by Gasteiger charge is -2.28. The fourth-order valence-corrected chi connectivity index (χ4v) is 2.39. The third-order valence-corrected chi connectivity index (χ3v) is 3.22. The van der Waals surface area contributed by atoms with E-state index in [1.54, 1.807) is 19.1 Å². The summed E-state index contributed by atoms with van der Waals surface area (Å²) in [6.45, 7) is 5.97. The summed E-state index contributed by atoms with van der Waals surface area (Å²) in [6.07, 6.45) is 5.63. The van der Waals surface area contributed by atoms with E-state index in [0.717, 1.165) is 0 Å². The molecular formula is C15H19Cl2NO2. The van der Waals surface area contributed by atoms with Gasteiger partial charge in [-0.1, -0.05) is 37.0 Å². The number of Topliss-reactive ketones (excluding diaryl/α,β-unsaturated/α-hetero) is 1. The number of ketones is 1. The minimum atomic E-state index is -0.190. The first kappa shape index (κ1) is 17.0. The van der Waals surface area contributed by atoms with Crippen LogP contribution in [-0.2, 0) is 4.79 Å². The number of aliphatic hydroxyl groups excluding tert-OH is 1. The maximum absolute atomic E-state index is 11.9. The van der Waals surface area contributed by atoms with Crippen molar-refractivity contribution in [3.8, 4) is 0 Å². The number of allylic oxidation sites excluding steroid dienone is 5. The zero-order valence-corrected chi connectivity index (χ0v) is 13.4. The standard InChI is InChI=1S/C15H19Cl2NO2/c1-10(16)6-11(17)4-5-18-9-12-13(19)7-15(2,3)8-14(12)20/h4,6,9,19H,5,7-8H2,1-3H3/b10-6+,11-4+,18-9?. The van der Waals surface area contributed by atoms with Crippen molar-refractivity contribution in [3.63, 3.8) is 0 Å². The van der Waals surface area contributed by atoms with Crippen molar-refractivity contribution in [3.05, 3.63) is 33.5 Å². The zero-order chi connectivity index (χ0) is 15.3. The SMILES string of the molecule is C/C(Cl)=C\C(Cl)=C/CN=CC1=C(O)CC(C)(C)CC1=O. The highest BCUT2D eigenvalue weighted by molar-refractivity contribution is 6.34. The first-order chi connectivity index (χ1) is 9.21. The maximum atomic E-state index is 11.9. The largest absolute Gasteiger partial charge is 0.511 e. The average molecular weight is 316 g/mol. The summed E-state index contributed by atoms with van der Waals surface area (Å²) < 4.78 is 0. The van der Waals surface area contributed by atoms with Crippen LogP contribution >= 0.6 is 23.2 Å². The Hall–Kier alpha value is -1.06. The molecule has 0 aromatic heterocycles. The second-order valence-corrected chi connectivity index (χ2v) is 6.65. The predicted molar refractivity (Wildman–Crippen MR) is 84.6 cm³/mol. The molecule has 20 heavy (non-hydrogen) atoms. The normalized spacial score (nSPS) is 20.9. The lowest BCUT2D eigenvalue weighted by molar-refractivity contribution is -0.117. The van der Waals surface area contributed by atoms with Gasteiger partial charge in [-0.15, -0.1) is 0 Å². The molecule has 0 aromatic carbocycles. The van der Waals surface area contributed by atoms with Gasteiger partial charge in [-0.3, -0.25) is 9.79 Å². The Bertz CT molecular complexity index is 510. The maximum Gasteiger partial charge on any atom is 0.168 e. The molecule has 0 saturated carbocycles. The van der Waals surface area contributed by atoms with Gasteiger partial charge in [0.05, 0.1) is 12.1 Å². The van der Waals surface area contributed by atoms with Gasteiger partial charge in [-0.2, -0.15) is 0 Å². The average Bonchev–Trinajstić information content (AvgIpc) is 2.24. The molecule has 1 N–H and O–H groups in total. The van der Waals surface area contributed by atoms with Crippen LogP contribution < -0.4 is 0 Å². The highest BCUT2D eigenvalue weighted by Crippen LogP contribution is 2.35. The Morgan fingerprint density at radius 2 is 2.05 bits per heavy atom. The van der Waals surface area contributed by atoms with Crippen LogP contribution in [0.15, 0.2) is 38.5 Å². The fourth-order valence-electron chi connectivity index (χ4n) is 1.98. The van der Waals surface area contributed by atoms with Crippen molar-refractivity contribution >= 4 is 35.2 Å². The van der Waals surface area contributed by atoms with Crippen LogP contribution in [0.3, 0.4) is 0 Å². The minimum absolute atomic E-state index is 0.0749. The first-order valence-corrected chi connectivity index (χ1v) is 7.11. The lowest BCUT2D eigenvalue weighted by atomic mass is 9.77. The van der Waals surface area contributed by atoms with Gasteiger partial charge >= 0.3 is 0 Å². The number of rotatable bonds is 4. The van der Waals surface area contributed by atoms with Crippen molar-refractivity contribution in [1.82, 2.24) is 0 Å². The summed E-state index contributed by atoms with van der Waals surface area (Å²) in [6, 6.07) is 0. The van der Waals surface area contributed by atoms with E-state index in [4.69, 9.17) is 23.2 Å². The number of nitrogens with zero attached hydrogens (tertiary/aromatic N) is 1. The number of carbonyl (C=O) groups is 1. The molecular weight excluding hydrogens is 297 g/mol. The van der Waals surface area contributed by atoms with E-state index in [9.17, 15) is 9.90 Å². The van der Waals surface area contributed by atoms with E-state index in [-0.39, 0.29) is 17.0 Å². The molecule has 0 bridgehead atoms. The Morgan fingerprint density at radius 1 is 1.40 bits per heavy atom. The van der Waals surface area contributed by atoms with E-state index >= 15 is 0 Å². The van der Waals surface area contributed by atoms with E-state index in [1.165, 1.54) is 6.21 Å². The molecule has 0 spiro atoms. The van der Waals surface area contributed by atoms with Gasteiger partial charge in [-0.05, 0) is 24.5 Å². The fraction of sp³-hybridized carbons (Fsp3) is 0.467. The van der Waals surface area contributed by atoms with Crippen molar-refractivity contribution in [2.75, 3.05) is 6.54 Å². The molecule has 0 heterocycles. The summed E-state index contributed by atoms with van der Waals surface area (Å²) in [5.74, 6) is 0.0376. The van der Waals surface area contributed by atoms with Crippen molar-refractivity contribution in [1.29, 1.82) is 0 Å². The molecule has 0 aromatic rings. The Labute approximate surface area is 129 Å². The molecule has 5 heteroatoms. The highest BCUT2D eigenvalue weighted by Gasteiger charge is 2.32. The molecule has 0 atom stereocenters. The third-order valence-electron chi connectivity index (χ3n) is 2.85. The smallest absolute Gasteiger partial charge is 0.168 e. The van der Waals surface area contributed by atoms with E-state index in [0.29, 0.717) is 35.0 Å². The molecule has 0 radical (unpaired) electrons. The molecule has 0 unspecified atom stereocenters. The molecule has 110 valence electrons. The van der Waals surface area contributed by atoms with Crippen molar-refractivity contribution in [2.45, 2.75) is 33.6 Å². The lowest BCUT2D eigenvalue weighted by Crippen LogP contribution is -2.26. The zero-order valence-electron chi connectivity index (χ0n) is 11.9. The van der Waals surface area contributed by atoms with E-state index in [2.05, 4.69) is 4.99 Å². The van der Waals surface area contributed by atoms with Crippen LogP contribution in [0.4, 0.5) is 0 Å². The van der Waals surface area contributed by atoms with Crippen LogP contribution in [0, 0.1) is 5.41 Å². The number of aliphatic imine (C=N–C) groups is 1. The molecule has 3 nitrogen and oxygen atoms in total. The summed E-state index contributed by atoms with van der Waals surface area (Å²) in [7, 11) is 0. The second-order valence-electron chi connectivity index (χ2n) is 5.62. The van der Waals surface area contributed by atoms with Crippen LogP contribution in [0.1, 0.15) is 33.6 Å². The third kappa shape index (κ3) is 5.51. The highest BCUT2D eigenvalue weighted by atomic mass is 35.5. The molecule has 1 aliphatic carbocycles. The summed E-state index contributed by atoms with van der Waals surface area (Å²) in [4.78, 5) is 16.0. The topological polar surface area (TPSA) is 49.7 Å². The molecule has 0 fully saturated rings. The number of aliphatic hydroxyl groups is 1. The monoisotopic (exact) mass is 315 g/mol. The quantitative estimate of drug-likeness (QED) is 0.612. The van der Waals surface area contributed by atoms with E-state index < -0.39 is 0 Å². The van der Waals surface area contributed by atoms with Crippen LogP contribution in [-0.4, -0.2) is 23.6 Å². The van der Waals surface area contributed by atoms with Crippen molar-refractivity contribution < 1.29 is 9.90 Å². The number of carbonyl (C=O) groups excluding carboxylic acids is 1. The van der Waals surface area contributed by atoms with Crippen LogP contribution in [0.5, 0.6) is 0 Å². The van der Waals surface area contributed by atoms with Crippen LogP contribution in [0.2, 0.25) is 0 Å². The Balaban J connectivity index is 2.71. The Morgan fingerprint density at radius 3 is 2.60 bits per heavy atom. The second kappa shape index (κ2) is 7.09. The van der Waals surface area contributed by atoms with Crippen LogP contribution in [0.25, 0.3) is 0 Å².